The minimum absolute atomic E-state index is 0.0281. The van der Waals surface area contributed by atoms with Crippen molar-refractivity contribution in [3.05, 3.63) is 59.3 Å². The molecule has 0 atom stereocenters. The van der Waals surface area contributed by atoms with Crippen LogP contribution in [0.1, 0.15) is 47.2 Å². The standard InChI is InChI=1S/C20H18F3N3O2/c21-20(22,23)15-4-2-14(3-5-15)19(27)26-16-6-8-17(9-7-16)28-18-10-1-13(11-24)12-25-18/h1-5,10,12,16-17H,6-9H2,(H,26,27). The van der Waals surface area contributed by atoms with Crippen LogP contribution in [0.15, 0.2) is 42.6 Å². The fraction of sp³-hybridized carbons (Fsp3) is 0.350. The van der Waals surface area contributed by atoms with Crippen molar-refractivity contribution >= 4 is 5.91 Å². The van der Waals surface area contributed by atoms with E-state index < -0.39 is 11.7 Å². The van der Waals surface area contributed by atoms with Crippen LogP contribution in [0.25, 0.3) is 0 Å². The molecule has 146 valence electrons. The monoisotopic (exact) mass is 389 g/mol. The molecule has 5 nitrogen and oxygen atoms in total. The highest BCUT2D eigenvalue weighted by atomic mass is 19.4. The van der Waals surface area contributed by atoms with Crippen LogP contribution in [0.4, 0.5) is 13.2 Å². The number of nitriles is 1. The van der Waals surface area contributed by atoms with Crippen LogP contribution in [-0.4, -0.2) is 23.0 Å². The molecular formula is C20H18F3N3O2. The number of hydrogen-bond acceptors (Lipinski definition) is 4. The molecule has 1 saturated carbocycles. The van der Waals surface area contributed by atoms with Gasteiger partial charge in [0, 0.05) is 23.9 Å². The molecule has 1 fully saturated rings. The zero-order valence-corrected chi connectivity index (χ0v) is 14.9. The summed E-state index contributed by atoms with van der Waals surface area (Å²) in [5.74, 6) is 0.0723. The van der Waals surface area contributed by atoms with Gasteiger partial charge in [-0.05, 0) is 56.0 Å². The van der Waals surface area contributed by atoms with Crippen LogP contribution in [0.3, 0.4) is 0 Å². The van der Waals surface area contributed by atoms with Crippen molar-refractivity contribution in [1.29, 1.82) is 5.26 Å². The van der Waals surface area contributed by atoms with Crippen LogP contribution in [-0.2, 0) is 6.18 Å². The maximum absolute atomic E-state index is 12.6. The van der Waals surface area contributed by atoms with Gasteiger partial charge >= 0.3 is 6.18 Å². The van der Waals surface area contributed by atoms with Crippen molar-refractivity contribution in [2.75, 3.05) is 0 Å². The average Bonchev–Trinajstić information content (AvgIpc) is 2.69. The van der Waals surface area contributed by atoms with E-state index >= 15 is 0 Å². The van der Waals surface area contributed by atoms with Crippen molar-refractivity contribution in [2.24, 2.45) is 0 Å². The molecule has 8 heteroatoms. The Labute approximate surface area is 160 Å². The number of nitrogens with zero attached hydrogens (tertiary/aromatic N) is 2. The van der Waals surface area contributed by atoms with Gasteiger partial charge < -0.3 is 10.1 Å². The van der Waals surface area contributed by atoms with Crippen molar-refractivity contribution < 1.29 is 22.7 Å². The highest BCUT2D eigenvalue weighted by molar-refractivity contribution is 5.94. The number of halogens is 3. The second kappa shape index (κ2) is 8.30. The second-order valence-electron chi connectivity index (χ2n) is 6.64. The second-order valence-corrected chi connectivity index (χ2v) is 6.64. The molecule has 1 aliphatic carbocycles. The number of alkyl halides is 3. The van der Waals surface area contributed by atoms with E-state index in [9.17, 15) is 18.0 Å². The molecule has 1 aromatic carbocycles. The van der Waals surface area contributed by atoms with Crippen LogP contribution < -0.4 is 10.1 Å². The lowest BCUT2D eigenvalue weighted by molar-refractivity contribution is -0.137. The Balaban J connectivity index is 1.48. The lowest BCUT2D eigenvalue weighted by Gasteiger charge is -2.29. The lowest BCUT2D eigenvalue weighted by atomic mass is 9.92. The topological polar surface area (TPSA) is 75.0 Å². The summed E-state index contributed by atoms with van der Waals surface area (Å²) in [6.45, 7) is 0. The van der Waals surface area contributed by atoms with E-state index in [-0.39, 0.29) is 23.6 Å². The number of benzene rings is 1. The Kier molecular flexibility index (Phi) is 5.83. The predicted molar refractivity (Wildman–Crippen MR) is 94.5 cm³/mol. The Morgan fingerprint density at radius 1 is 1.11 bits per heavy atom. The molecule has 2 aromatic rings. The molecule has 1 heterocycles. The van der Waals surface area contributed by atoms with E-state index in [0.29, 0.717) is 24.3 Å². The van der Waals surface area contributed by atoms with Gasteiger partial charge in [-0.25, -0.2) is 4.98 Å². The number of pyridine rings is 1. The third-order valence-electron chi connectivity index (χ3n) is 4.64. The van der Waals surface area contributed by atoms with Crippen molar-refractivity contribution in [3.8, 4) is 11.9 Å². The molecule has 0 radical (unpaired) electrons. The fourth-order valence-electron chi connectivity index (χ4n) is 3.09. The number of carbonyl (C=O) groups excluding carboxylic acids is 1. The molecule has 3 rings (SSSR count). The van der Waals surface area contributed by atoms with Gasteiger partial charge in [-0.1, -0.05) is 0 Å². The third kappa shape index (κ3) is 5.00. The zero-order valence-electron chi connectivity index (χ0n) is 14.9. The van der Waals surface area contributed by atoms with Crippen LogP contribution in [0.2, 0.25) is 0 Å². The van der Waals surface area contributed by atoms with E-state index in [4.69, 9.17) is 10.00 Å². The van der Waals surface area contributed by atoms with E-state index in [1.54, 1.807) is 12.1 Å². The van der Waals surface area contributed by atoms with E-state index in [0.717, 1.165) is 25.0 Å². The first kappa shape index (κ1) is 19.7. The van der Waals surface area contributed by atoms with Gasteiger partial charge in [0.1, 0.15) is 12.2 Å². The number of amides is 1. The molecular weight excluding hydrogens is 371 g/mol. The molecule has 1 aliphatic rings. The number of nitrogens with one attached hydrogen (secondary N) is 1. The summed E-state index contributed by atoms with van der Waals surface area (Å²) in [6, 6.07) is 9.41. The van der Waals surface area contributed by atoms with Gasteiger partial charge in [0.25, 0.3) is 5.91 Å². The number of carbonyl (C=O) groups is 1. The highest BCUT2D eigenvalue weighted by Gasteiger charge is 2.30. The Bertz CT molecular complexity index is 850. The SMILES string of the molecule is N#Cc1ccc(OC2CCC(NC(=O)c3ccc(C(F)(F)F)cc3)CC2)nc1. The van der Waals surface area contributed by atoms with Gasteiger partial charge in [-0.2, -0.15) is 18.4 Å². The number of hydrogen-bond donors (Lipinski definition) is 1. The van der Waals surface area contributed by atoms with E-state index in [1.807, 2.05) is 6.07 Å². The third-order valence-corrected chi connectivity index (χ3v) is 4.64. The number of ether oxygens (including phenoxy) is 1. The van der Waals surface area contributed by atoms with Crippen molar-refractivity contribution in [3.63, 3.8) is 0 Å². The summed E-state index contributed by atoms with van der Waals surface area (Å²) in [7, 11) is 0. The first-order valence-electron chi connectivity index (χ1n) is 8.86. The zero-order chi connectivity index (χ0) is 20.1. The first-order valence-corrected chi connectivity index (χ1v) is 8.86. The minimum Gasteiger partial charge on any atom is -0.474 e. The molecule has 28 heavy (non-hydrogen) atoms. The van der Waals surface area contributed by atoms with E-state index in [2.05, 4.69) is 10.3 Å². The summed E-state index contributed by atoms with van der Waals surface area (Å²) in [6.07, 6.45) is -0.151. The van der Waals surface area contributed by atoms with E-state index in [1.165, 1.54) is 18.3 Å². The molecule has 0 unspecified atom stereocenters. The Morgan fingerprint density at radius 3 is 2.32 bits per heavy atom. The molecule has 0 spiro atoms. The highest BCUT2D eigenvalue weighted by Crippen LogP contribution is 2.29. The summed E-state index contributed by atoms with van der Waals surface area (Å²) in [5, 5.41) is 11.6. The van der Waals surface area contributed by atoms with Gasteiger partial charge in [0.15, 0.2) is 0 Å². The molecule has 1 amide bonds. The smallest absolute Gasteiger partial charge is 0.416 e. The van der Waals surface area contributed by atoms with Gasteiger partial charge in [-0.15, -0.1) is 0 Å². The Morgan fingerprint density at radius 2 is 1.79 bits per heavy atom. The number of aromatic nitrogens is 1. The van der Waals surface area contributed by atoms with Gasteiger partial charge in [-0.3, -0.25) is 4.79 Å². The first-order chi connectivity index (χ1) is 13.3. The van der Waals surface area contributed by atoms with Gasteiger partial charge in [0.2, 0.25) is 5.88 Å². The van der Waals surface area contributed by atoms with Crippen LogP contribution in [0, 0.1) is 11.3 Å². The quantitative estimate of drug-likeness (QED) is 0.855. The maximum atomic E-state index is 12.6. The van der Waals surface area contributed by atoms with Gasteiger partial charge in [0.05, 0.1) is 11.1 Å². The average molecular weight is 389 g/mol. The molecule has 0 saturated heterocycles. The molecule has 0 bridgehead atoms. The summed E-state index contributed by atoms with van der Waals surface area (Å²) in [5.41, 5.74) is -0.117. The summed E-state index contributed by atoms with van der Waals surface area (Å²) >= 11 is 0. The Hall–Kier alpha value is -3.08. The van der Waals surface area contributed by atoms with Crippen LogP contribution in [0.5, 0.6) is 5.88 Å². The molecule has 0 aliphatic heterocycles. The normalized spacial score (nSPS) is 19.5. The predicted octanol–water partition coefficient (Wildman–Crippen LogP) is 4.09. The van der Waals surface area contributed by atoms with Crippen LogP contribution >= 0.6 is 0 Å². The summed E-state index contributed by atoms with van der Waals surface area (Å²) < 4.78 is 43.6. The minimum atomic E-state index is -4.42. The largest absolute Gasteiger partial charge is 0.474 e. The van der Waals surface area contributed by atoms with Crippen molar-refractivity contribution in [1.82, 2.24) is 10.3 Å². The fourth-order valence-corrected chi connectivity index (χ4v) is 3.09. The number of rotatable bonds is 4. The van der Waals surface area contributed by atoms with Crippen molar-refractivity contribution in [2.45, 2.75) is 44.0 Å². The maximum Gasteiger partial charge on any atom is 0.416 e. The molecule has 1 N–H and O–H groups in total. The molecule has 1 aromatic heterocycles. The summed E-state index contributed by atoms with van der Waals surface area (Å²) in [4.78, 5) is 16.3. The lowest BCUT2D eigenvalue weighted by Crippen LogP contribution is -2.39.